The van der Waals surface area contributed by atoms with Crippen LogP contribution in [-0.2, 0) is 0 Å². The van der Waals surface area contributed by atoms with Crippen LogP contribution in [0.25, 0.3) is 0 Å². The summed E-state index contributed by atoms with van der Waals surface area (Å²) in [6.45, 7) is 0. The third-order valence-electron chi connectivity index (χ3n) is 4.64. The Morgan fingerprint density at radius 1 is 1.11 bits per heavy atom. The van der Waals surface area contributed by atoms with Crippen LogP contribution in [0.4, 0.5) is 8.78 Å². The van der Waals surface area contributed by atoms with Gasteiger partial charge in [-0.1, -0.05) is 6.42 Å². The van der Waals surface area contributed by atoms with E-state index in [1.807, 2.05) is 0 Å². The molecule has 0 spiro atoms. The topological polar surface area (TPSA) is 38.0 Å². The molecule has 0 aliphatic heterocycles. The van der Waals surface area contributed by atoms with Crippen LogP contribution < -0.4 is 11.3 Å². The van der Waals surface area contributed by atoms with Gasteiger partial charge in [-0.2, -0.15) is 0 Å². The van der Waals surface area contributed by atoms with Crippen molar-refractivity contribution in [3.05, 3.63) is 35.4 Å². The molecule has 4 atom stereocenters. The molecule has 2 bridgehead atoms. The summed E-state index contributed by atoms with van der Waals surface area (Å²) >= 11 is 0. The fourth-order valence-electron chi connectivity index (χ4n) is 3.92. The molecule has 1 aromatic carbocycles. The fraction of sp³-hybridized carbons (Fsp3) is 0.571. The second kappa shape index (κ2) is 4.59. The van der Waals surface area contributed by atoms with E-state index in [0.717, 1.165) is 18.4 Å². The third-order valence-corrected chi connectivity index (χ3v) is 4.64. The van der Waals surface area contributed by atoms with E-state index in [1.165, 1.54) is 31.4 Å². The average molecular weight is 252 g/mol. The molecule has 2 fully saturated rings. The molecule has 0 radical (unpaired) electrons. The first kappa shape index (κ1) is 12.1. The Hall–Kier alpha value is -1.00. The summed E-state index contributed by atoms with van der Waals surface area (Å²) in [6.07, 6.45) is 4.90. The molecule has 3 N–H and O–H groups in total. The summed E-state index contributed by atoms with van der Waals surface area (Å²) in [6, 6.07) is 3.54. The van der Waals surface area contributed by atoms with Crippen molar-refractivity contribution in [1.29, 1.82) is 0 Å². The lowest BCUT2D eigenvalue weighted by Gasteiger charge is -2.30. The minimum absolute atomic E-state index is 0.134. The number of rotatable bonds is 3. The van der Waals surface area contributed by atoms with Gasteiger partial charge in [0.2, 0.25) is 0 Å². The maximum absolute atomic E-state index is 13.3. The molecule has 2 aliphatic carbocycles. The van der Waals surface area contributed by atoms with Gasteiger partial charge in [-0.15, -0.1) is 0 Å². The molecule has 4 heteroatoms. The number of nitrogens with one attached hydrogen (secondary N) is 1. The van der Waals surface area contributed by atoms with Gasteiger partial charge in [0.05, 0.1) is 0 Å². The number of fused-ring (bicyclic) bond motifs is 2. The Labute approximate surface area is 106 Å². The summed E-state index contributed by atoms with van der Waals surface area (Å²) in [7, 11) is 0. The molecule has 18 heavy (non-hydrogen) atoms. The SMILES string of the molecule is NNC(c1cc(F)cc(F)c1)C1CC2CCC1C2. The molecule has 2 aliphatic rings. The lowest BCUT2D eigenvalue weighted by Crippen LogP contribution is -2.36. The lowest BCUT2D eigenvalue weighted by molar-refractivity contribution is 0.251. The molecule has 98 valence electrons. The Balaban J connectivity index is 1.87. The Bertz CT molecular complexity index is 429. The first-order valence-corrected chi connectivity index (χ1v) is 6.59. The van der Waals surface area contributed by atoms with Crippen LogP contribution in [0, 0.1) is 29.4 Å². The molecule has 1 aromatic rings. The molecule has 2 nitrogen and oxygen atoms in total. The summed E-state index contributed by atoms with van der Waals surface area (Å²) in [5.74, 6) is 6.41. The predicted molar refractivity (Wildman–Crippen MR) is 65.4 cm³/mol. The van der Waals surface area contributed by atoms with E-state index in [9.17, 15) is 8.78 Å². The van der Waals surface area contributed by atoms with Gasteiger partial charge in [0.1, 0.15) is 11.6 Å². The van der Waals surface area contributed by atoms with Crippen molar-refractivity contribution in [1.82, 2.24) is 5.43 Å². The third kappa shape index (κ3) is 2.04. The van der Waals surface area contributed by atoms with Crippen molar-refractivity contribution in [2.75, 3.05) is 0 Å². The van der Waals surface area contributed by atoms with Crippen LogP contribution in [0.3, 0.4) is 0 Å². The zero-order valence-electron chi connectivity index (χ0n) is 10.2. The van der Waals surface area contributed by atoms with Crippen molar-refractivity contribution in [3.63, 3.8) is 0 Å². The molecular formula is C14H18F2N2. The first-order chi connectivity index (χ1) is 8.67. The molecule has 3 rings (SSSR count). The highest BCUT2D eigenvalue weighted by atomic mass is 19.1. The molecular weight excluding hydrogens is 234 g/mol. The van der Waals surface area contributed by atoms with Crippen LogP contribution >= 0.6 is 0 Å². The van der Waals surface area contributed by atoms with E-state index in [-0.39, 0.29) is 6.04 Å². The molecule has 4 unspecified atom stereocenters. The number of benzene rings is 1. The first-order valence-electron chi connectivity index (χ1n) is 6.59. The number of nitrogens with two attached hydrogens (primary N) is 1. The molecule has 0 saturated heterocycles. The van der Waals surface area contributed by atoms with Crippen molar-refractivity contribution in [3.8, 4) is 0 Å². The van der Waals surface area contributed by atoms with Crippen LogP contribution in [0.15, 0.2) is 18.2 Å². The van der Waals surface area contributed by atoms with Crippen LogP contribution in [0.5, 0.6) is 0 Å². The minimum Gasteiger partial charge on any atom is -0.271 e. The monoisotopic (exact) mass is 252 g/mol. The molecule has 2 saturated carbocycles. The molecule has 0 aromatic heterocycles. The van der Waals surface area contributed by atoms with E-state index in [1.54, 1.807) is 0 Å². The molecule has 0 amide bonds. The van der Waals surface area contributed by atoms with E-state index in [0.29, 0.717) is 17.4 Å². The van der Waals surface area contributed by atoms with Gasteiger partial charge in [0.25, 0.3) is 0 Å². The van der Waals surface area contributed by atoms with Gasteiger partial charge in [0, 0.05) is 12.1 Å². The Morgan fingerprint density at radius 3 is 2.33 bits per heavy atom. The zero-order valence-corrected chi connectivity index (χ0v) is 10.2. The molecule has 0 heterocycles. The Morgan fingerprint density at radius 2 is 1.83 bits per heavy atom. The van der Waals surface area contributed by atoms with Gasteiger partial charge >= 0.3 is 0 Å². The van der Waals surface area contributed by atoms with E-state index in [2.05, 4.69) is 5.43 Å². The highest BCUT2D eigenvalue weighted by molar-refractivity contribution is 5.23. The maximum atomic E-state index is 13.3. The lowest BCUT2D eigenvalue weighted by atomic mass is 9.81. The largest absolute Gasteiger partial charge is 0.271 e. The van der Waals surface area contributed by atoms with E-state index >= 15 is 0 Å². The van der Waals surface area contributed by atoms with Gasteiger partial charge in [-0.25, -0.2) is 8.78 Å². The van der Waals surface area contributed by atoms with Crippen molar-refractivity contribution < 1.29 is 8.78 Å². The second-order valence-electron chi connectivity index (χ2n) is 5.69. The fourth-order valence-corrected chi connectivity index (χ4v) is 3.92. The van der Waals surface area contributed by atoms with E-state index < -0.39 is 11.6 Å². The second-order valence-corrected chi connectivity index (χ2v) is 5.69. The van der Waals surface area contributed by atoms with Gasteiger partial charge in [-0.3, -0.25) is 11.3 Å². The van der Waals surface area contributed by atoms with Crippen molar-refractivity contribution >= 4 is 0 Å². The van der Waals surface area contributed by atoms with Crippen molar-refractivity contribution in [2.45, 2.75) is 31.7 Å². The minimum atomic E-state index is -0.534. The predicted octanol–water partition coefficient (Wildman–Crippen LogP) is 2.91. The average Bonchev–Trinajstić information content (AvgIpc) is 2.90. The maximum Gasteiger partial charge on any atom is 0.126 e. The van der Waals surface area contributed by atoms with Crippen molar-refractivity contribution in [2.24, 2.45) is 23.6 Å². The summed E-state index contributed by atoms with van der Waals surface area (Å²) < 4.78 is 26.6. The summed E-state index contributed by atoms with van der Waals surface area (Å²) in [5, 5.41) is 0. The van der Waals surface area contributed by atoms with Crippen LogP contribution in [0.2, 0.25) is 0 Å². The standard InChI is InChI=1S/C14H18F2N2/c15-11-5-10(6-12(16)7-11)14(18-17)13-4-8-1-2-9(13)3-8/h5-9,13-14,18H,1-4,17H2. The summed E-state index contributed by atoms with van der Waals surface area (Å²) in [4.78, 5) is 0. The van der Waals surface area contributed by atoms with Gasteiger partial charge in [0.15, 0.2) is 0 Å². The highest BCUT2D eigenvalue weighted by Gasteiger charge is 2.43. The van der Waals surface area contributed by atoms with Gasteiger partial charge < -0.3 is 0 Å². The number of hydrogen-bond acceptors (Lipinski definition) is 2. The van der Waals surface area contributed by atoms with E-state index in [4.69, 9.17) is 5.84 Å². The van der Waals surface area contributed by atoms with Crippen LogP contribution in [-0.4, -0.2) is 0 Å². The quantitative estimate of drug-likeness (QED) is 0.641. The smallest absolute Gasteiger partial charge is 0.126 e. The van der Waals surface area contributed by atoms with Crippen LogP contribution in [0.1, 0.15) is 37.3 Å². The highest BCUT2D eigenvalue weighted by Crippen LogP contribution is 2.52. The summed E-state index contributed by atoms with van der Waals surface area (Å²) in [5.41, 5.74) is 3.40. The Kier molecular flexibility index (Phi) is 3.08. The number of hydrazine groups is 1. The zero-order chi connectivity index (χ0) is 12.7. The normalized spacial score (nSPS) is 31.8. The number of halogens is 2. The van der Waals surface area contributed by atoms with Gasteiger partial charge in [-0.05, 0) is 54.7 Å². The number of hydrogen-bond donors (Lipinski definition) is 2.